The van der Waals surface area contributed by atoms with Crippen LogP contribution in [0.4, 0.5) is 0 Å². The van der Waals surface area contributed by atoms with Crippen molar-refractivity contribution in [1.82, 2.24) is 9.88 Å². The van der Waals surface area contributed by atoms with Crippen LogP contribution in [-0.4, -0.2) is 18.2 Å². The summed E-state index contributed by atoms with van der Waals surface area (Å²) < 4.78 is 2.21. The van der Waals surface area contributed by atoms with Crippen LogP contribution in [0.15, 0.2) is 30.5 Å². The van der Waals surface area contributed by atoms with Crippen LogP contribution in [0.1, 0.15) is 0 Å². The van der Waals surface area contributed by atoms with Crippen molar-refractivity contribution in [3.63, 3.8) is 0 Å². The Bertz CT molecular complexity index is 434. The van der Waals surface area contributed by atoms with Gasteiger partial charge in [0, 0.05) is 35.2 Å². The maximum Gasteiger partial charge on any atom is 0.0499 e. The summed E-state index contributed by atoms with van der Waals surface area (Å²) in [5.41, 5.74) is 1.20. The summed E-state index contributed by atoms with van der Waals surface area (Å²) in [6, 6.07) is 8.07. The van der Waals surface area contributed by atoms with Gasteiger partial charge in [-0.1, -0.05) is 17.7 Å². The van der Waals surface area contributed by atoms with Gasteiger partial charge >= 0.3 is 0 Å². The van der Waals surface area contributed by atoms with Gasteiger partial charge < -0.3 is 9.88 Å². The SMILES string of the molecule is CNCCn1ccc2c(Cl)cccc21. The molecule has 0 spiro atoms. The van der Waals surface area contributed by atoms with Crippen molar-refractivity contribution in [2.24, 2.45) is 0 Å². The average Bonchev–Trinajstić information content (AvgIpc) is 2.60. The molecule has 74 valence electrons. The van der Waals surface area contributed by atoms with E-state index in [2.05, 4.69) is 28.2 Å². The molecular weight excluding hydrogens is 196 g/mol. The first-order valence-corrected chi connectivity index (χ1v) is 5.08. The quantitative estimate of drug-likeness (QED) is 0.820. The van der Waals surface area contributed by atoms with Crippen molar-refractivity contribution >= 4 is 22.5 Å². The molecule has 14 heavy (non-hydrogen) atoms. The molecule has 2 rings (SSSR count). The number of nitrogens with one attached hydrogen (secondary N) is 1. The molecule has 2 aromatic rings. The lowest BCUT2D eigenvalue weighted by Crippen LogP contribution is -2.14. The molecule has 0 fully saturated rings. The van der Waals surface area contributed by atoms with Gasteiger partial charge in [-0.25, -0.2) is 0 Å². The van der Waals surface area contributed by atoms with E-state index in [1.165, 1.54) is 5.52 Å². The van der Waals surface area contributed by atoms with Gasteiger partial charge in [0.25, 0.3) is 0 Å². The van der Waals surface area contributed by atoms with Crippen LogP contribution in [0.5, 0.6) is 0 Å². The van der Waals surface area contributed by atoms with Crippen molar-refractivity contribution in [3.8, 4) is 0 Å². The smallest absolute Gasteiger partial charge is 0.0499 e. The third-order valence-corrected chi connectivity index (χ3v) is 2.69. The summed E-state index contributed by atoms with van der Waals surface area (Å²) in [5.74, 6) is 0. The second-order valence-electron chi connectivity index (χ2n) is 3.29. The normalized spacial score (nSPS) is 11.0. The van der Waals surface area contributed by atoms with Crippen molar-refractivity contribution in [2.75, 3.05) is 13.6 Å². The van der Waals surface area contributed by atoms with Gasteiger partial charge in [-0.2, -0.15) is 0 Å². The fourth-order valence-corrected chi connectivity index (χ4v) is 1.85. The lowest BCUT2D eigenvalue weighted by Gasteiger charge is -2.04. The summed E-state index contributed by atoms with van der Waals surface area (Å²) in [4.78, 5) is 0. The van der Waals surface area contributed by atoms with E-state index in [0.717, 1.165) is 23.5 Å². The molecular formula is C11H13ClN2. The highest BCUT2D eigenvalue weighted by atomic mass is 35.5. The molecule has 0 aliphatic heterocycles. The fourth-order valence-electron chi connectivity index (χ4n) is 1.61. The molecule has 0 amide bonds. The van der Waals surface area contributed by atoms with E-state index in [-0.39, 0.29) is 0 Å². The first-order valence-electron chi connectivity index (χ1n) is 4.71. The number of aromatic nitrogens is 1. The van der Waals surface area contributed by atoms with E-state index in [1.54, 1.807) is 0 Å². The Morgan fingerprint density at radius 1 is 1.36 bits per heavy atom. The molecule has 1 N–H and O–H groups in total. The zero-order valence-electron chi connectivity index (χ0n) is 8.13. The predicted octanol–water partition coefficient (Wildman–Crippen LogP) is 2.51. The molecule has 0 saturated carbocycles. The highest BCUT2D eigenvalue weighted by Gasteiger charge is 2.02. The number of hydrogen-bond donors (Lipinski definition) is 1. The minimum atomic E-state index is 0.825. The van der Waals surface area contributed by atoms with Gasteiger partial charge in [0.1, 0.15) is 0 Å². The Hall–Kier alpha value is -0.990. The molecule has 0 aliphatic carbocycles. The predicted molar refractivity (Wildman–Crippen MR) is 60.9 cm³/mol. The van der Waals surface area contributed by atoms with Crippen molar-refractivity contribution in [3.05, 3.63) is 35.5 Å². The van der Waals surface area contributed by atoms with E-state index in [1.807, 2.05) is 19.2 Å². The first-order chi connectivity index (χ1) is 6.83. The van der Waals surface area contributed by atoms with Crippen molar-refractivity contribution in [2.45, 2.75) is 6.54 Å². The molecule has 0 radical (unpaired) electrons. The largest absolute Gasteiger partial charge is 0.346 e. The van der Waals surface area contributed by atoms with Gasteiger partial charge in [0.15, 0.2) is 0 Å². The Morgan fingerprint density at radius 3 is 3.00 bits per heavy atom. The fraction of sp³-hybridized carbons (Fsp3) is 0.273. The van der Waals surface area contributed by atoms with E-state index >= 15 is 0 Å². The molecule has 1 heterocycles. The monoisotopic (exact) mass is 208 g/mol. The number of nitrogens with zero attached hydrogens (tertiary/aromatic N) is 1. The minimum absolute atomic E-state index is 0.825. The number of halogens is 1. The summed E-state index contributed by atoms with van der Waals surface area (Å²) in [5, 5.41) is 5.09. The second kappa shape index (κ2) is 4.03. The molecule has 2 nitrogen and oxygen atoms in total. The first kappa shape index (κ1) is 9.56. The molecule has 0 saturated heterocycles. The van der Waals surface area contributed by atoms with Crippen LogP contribution in [0.25, 0.3) is 10.9 Å². The molecule has 0 aliphatic rings. The van der Waals surface area contributed by atoms with Gasteiger partial charge in [-0.3, -0.25) is 0 Å². The standard InChI is InChI=1S/C11H13ClN2/c1-13-6-8-14-7-5-9-10(12)3-2-4-11(9)14/h2-5,7,13H,6,8H2,1H3. The number of hydrogen-bond acceptors (Lipinski definition) is 1. The second-order valence-corrected chi connectivity index (χ2v) is 3.69. The van der Waals surface area contributed by atoms with E-state index in [9.17, 15) is 0 Å². The van der Waals surface area contributed by atoms with Crippen LogP contribution in [0.2, 0.25) is 5.02 Å². The van der Waals surface area contributed by atoms with Gasteiger partial charge in [0.2, 0.25) is 0 Å². The third kappa shape index (κ3) is 1.63. The topological polar surface area (TPSA) is 17.0 Å². The minimum Gasteiger partial charge on any atom is -0.346 e. The Morgan fingerprint density at radius 2 is 2.21 bits per heavy atom. The number of likely N-dealkylation sites (N-methyl/N-ethyl adjacent to an activating group) is 1. The summed E-state index contributed by atoms with van der Waals surface area (Å²) in [6.07, 6.45) is 2.08. The Labute approximate surface area is 88.5 Å². The maximum absolute atomic E-state index is 6.08. The van der Waals surface area contributed by atoms with Crippen LogP contribution in [-0.2, 0) is 6.54 Å². The van der Waals surface area contributed by atoms with Gasteiger partial charge in [-0.05, 0) is 25.2 Å². The van der Waals surface area contributed by atoms with Crippen molar-refractivity contribution < 1.29 is 0 Å². The highest BCUT2D eigenvalue weighted by Crippen LogP contribution is 2.23. The van der Waals surface area contributed by atoms with Gasteiger partial charge in [-0.15, -0.1) is 0 Å². The molecule has 1 aromatic heterocycles. The van der Waals surface area contributed by atoms with Crippen LogP contribution in [0.3, 0.4) is 0 Å². The van der Waals surface area contributed by atoms with E-state index in [0.29, 0.717) is 0 Å². The van der Waals surface area contributed by atoms with Gasteiger partial charge in [0.05, 0.1) is 0 Å². The van der Waals surface area contributed by atoms with Crippen LogP contribution >= 0.6 is 11.6 Å². The van der Waals surface area contributed by atoms with Crippen LogP contribution < -0.4 is 5.32 Å². The average molecular weight is 209 g/mol. The highest BCUT2D eigenvalue weighted by molar-refractivity contribution is 6.35. The Balaban J connectivity index is 2.42. The number of fused-ring (bicyclic) bond motifs is 1. The Kier molecular flexibility index (Phi) is 2.75. The zero-order valence-corrected chi connectivity index (χ0v) is 8.88. The molecule has 0 unspecified atom stereocenters. The van der Waals surface area contributed by atoms with E-state index in [4.69, 9.17) is 11.6 Å². The molecule has 3 heteroatoms. The molecule has 1 aromatic carbocycles. The third-order valence-electron chi connectivity index (χ3n) is 2.36. The molecule has 0 atom stereocenters. The summed E-state index contributed by atoms with van der Waals surface area (Å²) in [6.45, 7) is 1.94. The maximum atomic E-state index is 6.08. The lowest BCUT2D eigenvalue weighted by molar-refractivity contribution is 0.662. The number of rotatable bonds is 3. The van der Waals surface area contributed by atoms with Crippen LogP contribution in [0, 0.1) is 0 Å². The summed E-state index contributed by atoms with van der Waals surface area (Å²) >= 11 is 6.08. The molecule has 0 bridgehead atoms. The van der Waals surface area contributed by atoms with E-state index < -0.39 is 0 Å². The summed E-state index contributed by atoms with van der Waals surface area (Å²) in [7, 11) is 1.96. The zero-order chi connectivity index (χ0) is 9.97. The van der Waals surface area contributed by atoms with Crippen molar-refractivity contribution in [1.29, 1.82) is 0 Å². The number of benzene rings is 1. The lowest BCUT2D eigenvalue weighted by atomic mass is 10.2.